The van der Waals surface area contributed by atoms with Gasteiger partial charge in [0.25, 0.3) is 5.89 Å². The van der Waals surface area contributed by atoms with Gasteiger partial charge in [-0.05, 0) is 43.3 Å². The van der Waals surface area contributed by atoms with E-state index in [2.05, 4.69) is 14.9 Å². The van der Waals surface area contributed by atoms with Crippen molar-refractivity contribution in [2.24, 2.45) is 0 Å². The maximum absolute atomic E-state index is 13.7. The number of benzene rings is 2. The van der Waals surface area contributed by atoms with Crippen LogP contribution in [0.3, 0.4) is 0 Å². The molecule has 7 nitrogen and oxygen atoms in total. The van der Waals surface area contributed by atoms with Gasteiger partial charge in [0.15, 0.2) is 0 Å². The quantitative estimate of drug-likeness (QED) is 0.680. The third kappa shape index (κ3) is 4.06. The van der Waals surface area contributed by atoms with Gasteiger partial charge in [0.05, 0.1) is 23.6 Å². The number of aromatic nitrogens is 2. The summed E-state index contributed by atoms with van der Waals surface area (Å²) in [6, 6.07) is 12.0. The first-order valence-electron chi connectivity index (χ1n) is 7.79. The number of nitrogens with zero attached hydrogens (tertiary/aromatic N) is 2. The second kappa shape index (κ2) is 7.63. The highest BCUT2D eigenvalue weighted by molar-refractivity contribution is 7.89. The Balaban J connectivity index is 1.69. The summed E-state index contributed by atoms with van der Waals surface area (Å²) in [4.78, 5) is 0.0785. The molecule has 0 aliphatic heterocycles. The summed E-state index contributed by atoms with van der Waals surface area (Å²) >= 11 is 0. The molecule has 26 heavy (non-hydrogen) atoms. The van der Waals surface area contributed by atoms with Crippen LogP contribution in [0.15, 0.2) is 57.8 Å². The van der Waals surface area contributed by atoms with Crippen LogP contribution < -0.4 is 9.46 Å². The van der Waals surface area contributed by atoms with Gasteiger partial charge < -0.3 is 9.15 Å². The lowest BCUT2D eigenvalue weighted by atomic mass is 10.2. The lowest BCUT2D eigenvalue weighted by Crippen LogP contribution is -2.23. The van der Waals surface area contributed by atoms with Crippen LogP contribution in [0, 0.1) is 5.82 Å². The molecule has 2 aromatic carbocycles. The van der Waals surface area contributed by atoms with E-state index in [0.717, 1.165) is 0 Å². The number of nitrogens with one attached hydrogen (secondary N) is 1. The molecule has 136 valence electrons. The van der Waals surface area contributed by atoms with Crippen LogP contribution in [0.2, 0.25) is 0 Å². The lowest BCUT2D eigenvalue weighted by molar-refractivity contribution is 0.340. The van der Waals surface area contributed by atoms with Crippen LogP contribution >= 0.6 is 0 Å². The van der Waals surface area contributed by atoms with E-state index in [4.69, 9.17) is 9.15 Å². The minimum atomic E-state index is -3.76. The molecule has 0 amide bonds. The molecule has 0 aliphatic rings. The van der Waals surface area contributed by atoms with Gasteiger partial charge >= 0.3 is 0 Å². The Morgan fingerprint density at radius 2 is 1.85 bits per heavy atom. The monoisotopic (exact) mass is 377 g/mol. The van der Waals surface area contributed by atoms with E-state index in [1.807, 2.05) is 6.92 Å². The highest BCUT2D eigenvalue weighted by Gasteiger charge is 2.17. The van der Waals surface area contributed by atoms with Gasteiger partial charge in [0.2, 0.25) is 15.9 Å². The summed E-state index contributed by atoms with van der Waals surface area (Å²) in [5.41, 5.74) is 0.153. The van der Waals surface area contributed by atoms with Gasteiger partial charge in [0, 0.05) is 0 Å². The maximum atomic E-state index is 13.7. The van der Waals surface area contributed by atoms with Gasteiger partial charge in [0.1, 0.15) is 11.6 Å². The summed E-state index contributed by atoms with van der Waals surface area (Å²) in [5, 5.41) is 7.48. The molecule has 0 saturated carbocycles. The van der Waals surface area contributed by atoms with Gasteiger partial charge in [-0.3, -0.25) is 0 Å². The molecule has 3 aromatic rings. The van der Waals surface area contributed by atoms with E-state index >= 15 is 0 Å². The molecule has 0 saturated heterocycles. The highest BCUT2D eigenvalue weighted by Crippen LogP contribution is 2.21. The lowest BCUT2D eigenvalue weighted by Gasteiger charge is -2.06. The van der Waals surface area contributed by atoms with Crippen molar-refractivity contribution < 1.29 is 22.0 Å². The average Bonchev–Trinajstić information content (AvgIpc) is 3.10. The summed E-state index contributed by atoms with van der Waals surface area (Å²) in [6.07, 6.45) is 0. The molecular formula is C17H16FN3O4S. The number of rotatable bonds is 7. The van der Waals surface area contributed by atoms with Gasteiger partial charge in [-0.15, -0.1) is 10.2 Å². The molecule has 3 rings (SSSR count). The van der Waals surface area contributed by atoms with Crippen LogP contribution in [0.1, 0.15) is 12.8 Å². The Labute approximate surface area is 149 Å². The van der Waals surface area contributed by atoms with Crippen LogP contribution in [-0.4, -0.2) is 25.2 Å². The molecule has 1 heterocycles. The number of hydrogen-bond acceptors (Lipinski definition) is 6. The van der Waals surface area contributed by atoms with E-state index in [-0.39, 0.29) is 28.8 Å². The Bertz CT molecular complexity index is 987. The zero-order valence-corrected chi connectivity index (χ0v) is 14.7. The third-order valence-corrected chi connectivity index (χ3v) is 4.85. The van der Waals surface area contributed by atoms with Crippen molar-refractivity contribution in [3.8, 4) is 17.2 Å². The normalized spacial score (nSPS) is 11.5. The molecule has 0 radical (unpaired) electrons. The summed E-state index contributed by atoms with van der Waals surface area (Å²) < 4.78 is 51.3. The Morgan fingerprint density at radius 1 is 1.12 bits per heavy atom. The largest absolute Gasteiger partial charge is 0.494 e. The smallest absolute Gasteiger partial charge is 0.250 e. The average molecular weight is 377 g/mol. The van der Waals surface area contributed by atoms with Gasteiger partial charge in [-0.2, -0.15) is 0 Å². The zero-order chi connectivity index (χ0) is 18.6. The van der Waals surface area contributed by atoms with E-state index in [1.54, 1.807) is 24.3 Å². The molecule has 0 atom stereocenters. The first kappa shape index (κ1) is 18.0. The number of halogens is 1. The van der Waals surface area contributed by atoms with E-state index < -0.39 is 15.8 Å². The summed E-state index contributed by atoms with van der Waals surface area (Å²) in [5.74, 6) is 0.0895. The molecule has 1 N–H and O–H groups in total. The van der Waals surface area contributed by atoms with Crippen molar-refractivity contribution in [1.29, 1.82) is 0 Å². The Hall–Kier alpha value is -2.78. The fourth-order valence-electron chi connectivity index (χ4n) is 2.19. The van der Waals surface area contributed by atoms with Crippen molar-refractivity contribution >= 4 is 10.0 Å². The van der Waals surface area contributed by atoms with E-state index in [0.29, 0.717) is 12.4 Å². The second-order valence-corrected chi connectivity index (χ2v) is 6.98. The molecular weight excluding hydrogens is 361 g/mol. The minimum absolute atomic E-state index is 0.0154. The standard InChI is InChI=1S/C17H16FN3O4S/c1-2-24-12-7-9-13(10-8-12)26(22,23)19-11-16-20-21-17(25-16)14-5-3-4-6-15(14)18/h3-10,19H,2,11H2,1H3. The van der Waals surface area contributed by atoms with Gasteiger partial charge in [-0.25, -0.2) is 17.5 Å². The fraction of sp³-hybridized carbons (Fsp3) is 0.176. The molecule has 0 unspecified atom stereocenters. The second-order valence-electron chi connectivity index (χ2n) is 5.21. The van der Waals surface area contributed by atoms with E-state index in [1.165, 1.54) is 24.3 Å². The summed E-state index contributed by atoms with van der Waals surface area (Å²) in [6.45, 7) is 2.12. The SMILES string of the molecule is CCOc1ccc(S(=O)(=O)NCc2nnc(-c3ccccc3F)o2)cc1. The van der Waals surface area contributed by atoms with Crippen LogP contribution in [0.5, 0.6) is 5.75 Å². The van der Waals surface area contributed by atoms with Crippen molar-refractivity contribution in [3.05, 3.63) is 60.2 Å². The first-order valence-corrected chi connectivity index (χ1v) is 9.27. The molecule has 1 aromatic heterocycles. The number of sulfonamides is 1. The highest BCUT2D eigenvalue weighted by atomic mass is 32.2. The molecule has 0 bridgehead atoms. The topological polar surface area (TPSA) is 94.3 Å². The van der Waals surface area contributed by atoms with Crippen LogP contribution in [-0.2, 0) is 16.6 Å². The summed E-state index contributed by atoms with van der Waals surface area (Å²) in [7, 11) is -3.76. The number of hydrogen-bond donors (Lipinski definition) is 1. The Kier molecular flexibility index (Phi) is 5.29. The minimum Gasteiger partial charge on any atom is -0.494 e. The molecule has 0 aliphatic carbocycles. The first-order chi connectivity index (χ1) is 12.5. The predicted octanol–water partition coefficient (Wildman–Crippen LogP) is 2.75. The van der Waals surface area contributed by atoms with E-state index in [9.17, 15) is 12.8 Å². The predicted molar refractivity (Wildman–Crippen MR) is 91.3 cm³/mol. The fourth-order valence-corrected chi connectivity index (χ4v) is 3.16. The van der Waals surface area contributed by atoms with Crippen LogP contribution in [0.25, 0.3) is 11.5 Å². The van der Waals surface area contributed by atoms with Crippen molar-refractivity contribution in [3.63, 3.8) is 0 Å². The maximum Gasteiger partial charge on any atom is 0.250 e. The Morgan fingerprint density at radius 3 is 2.54 bits per heavy atom. The molecule has 0 fully saturated rings. The zero-order valence-electron chi connectivity index (χ0n) is 13.8. The molecule has 0 spiro atoms. The third-order valence-electron chi connectivity index (χ3n) is 3.43. The van der Waals surface area contributed by atoms with Gasteiger partial charge in [-0.1, -0.05) is 12.1 Å². The van der Waals surface area contributed by atoms with Crippen molar-refractivity contribution in [2.45, 2.75) is 18.4 Å². The van der Waals surface area contributed by atoms with Crippen molar-refractivity contribution in [2.75, 3.05) is 6.61 Å². The number of ether oxygens (including phenoxy) is 1. The van der Waals surface area contributed by atoms with Crippen LogP contribution in [0.4, 0.5) is 4.39 Å². The molecule has 9 heteroatoms. The van der Waals surface area contributed by atoms with Crippen molar-refractivity contribution in [1.82, 2.24) is 14.9 Å².